The molecule has 7 nitrogen and oxygen atoms in total. The number of benzene rings is 1. The first kappa shape index (κ1) is 20.1. The van der Waals surface area contributed by atoms with Crippen LogP contribution >= 0.6 is 0 Å². The molecular weight excluding hydrogens is 410 g/mol. The third-order valence-corrected chi connectivity index (χ3v) is 7.92. The van der Waals surface area contributed by atoms with Crippen molar-refractivity contribution in [3.63, 3.8) is 0 Å². The van der Waals surface area contributed by atoms with Crippen molar-refractivity contribution in [3.8, 4) is 0 Å². The van der Waals surface area contributed by atoms with Crippen molar-refractivity contribution >= 4 is 15.7 Å². The summed E-state index contributed by atoms with van der Waals surface area (Å²) in [5.74, 6) is 1.97. The van der Waals surface area contributed by atoms with Crippen molar-refractivity contribution in [2.45, 2.75) is 35.3 Å². The number of rotatable bonds is 6. The molecule has 1 aromatic carbocycles. The van der Waals surface area contributed by atoms with E-state index in [0.717, 1.165) is 38.2 Å². The zero-order chi connectivity index (χ0) is 21.3. The average molecular weight is 436 g/mol. The van der Waals surface area contributed by atoms with Gasteiger partial charge in [0.2, 0.25) is 9.84 Å². The lowest BCUT2D eigenvalue weighted by Gasteiger charge is -2.19. The van der Waals surface area contributed by atoms with Gasteiger partial charge in [0.25, 0.3) is 0 Å². The Kier molecular flexibility index (Phi) is 5.41. The third-order valence-electron chi connectivity index (χ3n) is 6.26. The van der Waals surface area contributed by atoms with Gasteiger partial charge in [-0.3, -0.25) is 9.88 Å². The maximum atomic E-state index is 12.7. The predicted molar refractivity (Wildman–Crippen MR) is 117 cm³/mol. The molecule has 0 radical (unpaired) electrons. The zero-order valence-electron chi connectivity index (χ0n) is 17.1. The number of fused-ring (bicyclic) bond motifs is 1. The normalized spacial score (nSPS) is 21.8. The van der Waals surface area contributed by atoms with Gasteiger partial charge in [0.15, 0.2) is 5.03 Å². The van der Waals surface area contributed by atoms with Gasteiger partial charge in [0.05, 0.1) is 10.6 Å². The Balaban J connectivity index is 1.17. The zero-order valence-corrected chi connectivity index (χ0v) is 17.9. The number of aromatic nitrogens is 3. The van der Waals surface area contributed by atoms with Gasteiger partial charge in [0.1, 0.15) is 5.82 Å². The van der Waals surface area contributed by atoms with E-state index in [1.807, 2.05) is 18.3 Å². The third kappa shape index (κ3) is 4.31. The summed E-state index contributed by atoms with van der Waals surface area (Å²) < 4.78 is 25.3. The van der Waals surface area contributed by atoms with Gasteiger partial charge in [-0.15, -0.1) is 10.2 Å². The highest BCUT2D eigenvalue weighted by Gasteiger charge is 2.40. The molecule has 3 heterocycles. The van der Waals surface area contributed by atoms with Gasteiger partial charge in [-0.1, -0.05) is 24.3 Å². The molecule has 2 atom stereocenters. The van der Waals surface area contributed by atoms with Crippen LogP contribution in [0, 0.1) is 11.8 Å². The minimum absolute atomic E-state index is 0.0299. The van der Waals surface area contributed by atoms with E-state index in [1.165, 1.54) is 6.07 Å². The molecule has 160 valence electrons. The first-order valence-corrected chi connectivity index (χ1v) is 12.1. The molecule has 0 unspecified atom stereocenters. The number of nitrogens with one attached hydrogen (secondary N) is 1. The number of anilines is 1. The van der Waals surface area contributed by atoms with E-state index < -0.39 is 9.84 Å². The first-order chi connectivity index (χ1) is 15.1. The van der Waals surface area contributed by atoms with Gasteiger partial charge in [-0.2, -0.15) is 0 Å². The Hall–Kier alpha value is -2.84. The van der Waals surface area contributed by atoms with Crippen LogP contribution in [0.15, 0.2) is 76.8 Å². The number of hydrogen-bond donors (Lipinski definition) is 1. The molecule has 1 saturated heterocycles. The number of sulfone groups is 1. The van der Waals surface area contributed by atoms with E-state index in [4.69, 9.17) is 0 Å². The van der Waals surface area contributed by atoms with Crippen molar-refractivity contribution in [1.82, 2.24) is 20.1 Å². The quantitative estimate of drug-likeness (QED) is 0.637. The van der Waals surface area contributed by atoms with Gasteiger partial charge >= 0.3 is 0 Å². The summed E-state index contributed by atoms with van der Waals surface area (Å²) in [5, 5.41) is 11.5. The lowest BCUT2D eigenvalue weighted by Crippen LogP contribution is -2.25. The lowest BCUT2D eigenvalue weighted by atomic mass is 10.0. The number of pyridine rings is 1. The van der Waals surface area contributed by atoms with Crippen LogP contribution in [0.5, 0.6) is 0 Å². The Morgan fingerprint density at radius 3 is 2.29 bits per heavy atom. The minimum atomic E-state index is -3.64. The molecule has 2 aliphatic rings. The van der Waals surface area contributed by atoms with Crippen molar-refractivity contribution in [2.24, 2.45) is 11.8 Å². The molecule has 1 N–H and O–H groups in total. The highest BCUT2D eigenvalue weighted by Crippen LogP contribution is 2.39. The van der Waals surface area contributed by atoms with Gasteiger partial charge < -0.3 is 5.32 Å². The Morgan fingerprint density at radius 1 is 0.903 bits per heavy atom. The van der Waals surface area contributed by atoms with Crippen LogP contribution in [0.25, 0.3) is 0 Å². The van der Waals surface area contributed by atoms with Crippen molar-refractivity contribution in [1.29, 1.82) is 0 Å². The van der Waals surface area contributed by atoms with E-state index >= 15 is 0 Å². The summed E-state index contributed by atoms with van der Waals surface area (Å²) in [6.45, 7) is 3.10. The van der Waals surface area contributed by atoms with Crippen molar-refractivity contribution < 1.29 is 8.42 Å². The predicted octanol–water partition coefficient (Wildman–Crippen LogP) is 3.03. The summed E-state index contributed by atoms with van der Waals surface area (Å²) in [5.41, 5.74) is 1.12. The van der Waals surface area contributed by atoms with E-state index in [0.29, 0.717) is 23.7 Å². The molecule has 3 aromatic rings. The molecule has 31 heavy (non-hydrogen) atoms. The summed E-state index contributed by atoms with van der Waals surface area (Å²) in [6, 6.07) is 18.0. The number of nitrogens with zero attached hydrogens (tertiary/aromatic N) is 4. The highest BCUT2D eigenvalue weighted by atomic mass is 32.2. The lowest BCUT2D eigenvalue weighted by molar-refractivity contribution is 0.297. The van der Waals surface area contributed by atoms with Crippen LogP contribution in [0.4, 0.5) is 5.82 Å². The SMILES string of the molecule is O=S(=O)(c1ccccc1)c1ccc(NC2C[C@@H]3CN(Cc4ccccn4)C[C@H]3C2)nn1. The van der Waals surface area contributed by atoms with Crippen molar-refractivity contribution in [2.75, 3.05) is 18.4 Å². The minimum Gasteiger partial charge on any atom is -0.366 e. The molecule has 1 aliphatic carbocycles. The van der Waals surface area contributed by atoms with Gasteiger partial charge in [-0.05, 0) is 61.1 Å². The fourth-order valence-corrected chi connectivity index (χ4v) is 5.99. The van der Waals surface area contributed by atoms with Gasteiger partial charge in [0, 0.05) is 31.9 Å². The van der Waals surface area contributed by atoms with E-state index in [9.17, 15) is 8.42 Å². The van der Waals surface area contributed by atoms with Crippen LogP contribution in [0.2, 0.25) is 0 Å². The summed E-state index contributed by atoms with van der Waals surface area (Å²) in [4.78, 5) is 7.16. The molecular formula is C23H25N5O2S. The Labute approximate surface area is 182 Å². The van der Waals surface area contributed by atoms with Crippen LogP contribution in [0.1, 0.15) is 18.5 Å². The number of hydrogen-bond acceptors (Lipinski definition) is 7. The molecule has 5 rings (SSSR count). The molecule has 2 aromatic heterocycles. The van der Waals surface area contributed by atoms with E-state index in [-0.39, 0.29) is 9.92 Å². The molecule has 1 aliphatic heterocycles. The summed E-state index contributed by atoms with van der Waals surface area (Å²) in [7, 11) is -3.64. The fraction of sp³-hybridized carbons (Fsp3) is 0.348. The summed E-state index contributed by atoms with van der Waals surface area (Å²) in [6.07, 6.45) is 4.04. The molecule has 0 bridgehead atoms. The maximum absolute atomic E-state index is 12.7. The smallest absolute Gasteiger partial charge is 0.225 e. The van der Waals surface area contributed by atoms with Crippen LogP contribution in [0.3, 0.4) is 0 Å². The first-order valence-electron chi connectivity index (χ1n) is 10.6. The Morgan fingerprint density at radius 2 is 1.65 bits per heavy atom. The van der Waals surface area contributed by atoms with Crippen molar-refractivity contribution in [3.05, 3.63) is 72.6 Å². The molecule has 8 heteroatoms. The standard InChI is InChI=1S/C23H25N5O2S/c29-31(30,21-7-2-1-3-8-21)23-10-9-22(26-27-23)25-20-12-17-14-28(15-18(17)13-20)16-19-6-4-5-11-24-19/h1-11,17-18,20H,12-16H2,(H,25,26)/t17-,18-/m1/s1. The summed E-state index contributed by atoms with van der Waals surface area (Å²) >= 11 is 0. The average Bonchev–Trinajstić information content (AvgIpc) is 3.33. The van der Waals surface area contributed by atoms with Crippen LogP contribution < -0.4 is 5.32 Å². The van der Waals surface area contributed by atoms with E-state index in [1.54, 1.807) is 36.4 Å². The molecule has 1 saturated carbocycles. The molecule has 2 fully saturated rings. The van der Waals surface area contributed by atoms with Crippen LogP contribution in [-0.2, 0) is 16.4 Å². The second kappa shape index (κ2) is 8.36. The monoisotopic (exact) mass is 435 g/mol. The fourth-order valence-electron chi connectivity index (χ4n) is 4.83. The van der Waals surface area contributed by atoms with E-state index in [2.05, 4.69) is 31.5 Å². The second-order valence-electron chi connectivity index (χ2n) is 8.42. The van der Waals surface area contributed by atoms with Gasteiger partial charge in [-0.25, -0.2) is 8.42 Å². The molecule has 0 spiro atoms. The molecule has 0 amide bonds. The number of likely N-dealkylation sites (tertiary alicyclic amines) is 1. The topological polar surface area (TPSA) is 88.1 Å². The van der Waals surface area contributed by atoms with Crippen LogP contribution in [-0.4, -0.2) is 47.6 Å². The maximum Gasteiger partial charge on any atom is 0.225 e. The Bertz CT molecular complexity index is 1110. The second-order valence-corrected chi connectivity index (χ2v) is 10.3. The highest BCUT2D eigenvalue weighted by molar-refractivity contribution is 7.91. The largest absolute Gasteiger partial charge is 0.366 e.